The van der Waals surface area contributed by atoms with E-state index in [2.05, 4.69) is 15.7 Å². The summed E-state index contributed by atoms with van der Waals surface area (Å²) in [5.74, 6) is -0.390. The number of carbonyl (C=O) groups is 2. The molecular formula is C22H22N4O3. The van der Waals surface area contributed by atoms with Gasteiger partial charge in [-0.15, -0.1) is 0 Å². The van der Waals surface area contributed by atoms with Crippen LogP contribution in [0.2, 0.25) is 0 Å². The van der Waals surface area contributed by atoms with Gasteiger partial charge in [-0.2, -0.15) is 5.10 Å². The van der Waals surface area contributed by atoms with Gasteiger partial charge in [0, 0.05) is 36.2 Å². The largest absolute Gasteiger partial charge is 0.368 e. The third-order valence-electron chi connectivity index (χ3n) is 4.72. The smallest absolute Gasteiger partial charge is 0.253 e. The van der Waals surface area contributed by atoms with Crippen molar-refractivity contribution in [3.63, 3.8) is 0 Å². The Morgan fingerprint density at radius 3 is 2.79 bits per heavy atom. The fraction of sp³-hybridized carbons (Fsp3) is 0.227. The maximum atomic E-state index is 12.5. The molecule has 1 aromatic heterocycles. The van der Waals surface area contributed by atoms with Crippen molar-refractivity contribution in [2.75, 3.05) is 11.9 Å². The highest BCUT2D eigenvalue weighted by Crippen LogP contribution is 2.16. The van der Waals surface area contributed by atoms with Gasteiger partial charge in [-0.3, -0.25) is 9.59 Å². The van der Waals surface area contributed by atoms with Gasteiger partial charge in [-0.1, -0.05) is 24.3 Å². The van der Waals surface area contributed by atoms with Crippen LogP contribution in [0.3, 0.4) is 0 Å². The zero-order chi connectivity index (χ0) is 20.1. The third-order valence-corrected chi connectivity index (χ3v) is 4.72. The predicted octanol–water partition coefficient (Wildman–Crippen LogP) is 2.92. The van der Waals surface area contributed by atoms with Gasteiger partial charge in [0.25, 0.3) is 11.8 Å². The molecule has 7 nitrogen and oxygen atoms in total. The molecule has 0 saturated carbocycles. The third kappa shape index (κ3) is 4.70. The number of hydrogen-bond acceptors (Lipinski definition) is 4. The van der Waals surface area contributed by atoms with Crippen molar-refractivity contribution in [2.24, 2.45) is 0 Å². The Bertz CT molecular complexity index is 994. The van der Waals surface area contributed by atoms with Gasteiger partial charge in [0.1, 0.15) is 6.10 Å². The Morgan fingerprint density at radius 1 is 1.14 bits per heavy atom. The Morgan fingerprint density at radius 2 is 2.00 bits per heavy atom. The van der Waals surface area contributed by atoms with Crippen LogP contribution in [0.1, 0.15) is 28.8 Å². The van der Waals surface area contributed by atoms with E-state index in [0.717, 1.165) is 24.1 Å². The minimum Gasteiger partial charge on any atom is -0.368 e. The lowest BCUT2D eigenvalue weighted by Gasteiger charge is -2.11. The number of benzene rings is 2. The Labute approximate surface area is 168 Å². The molecule has 1 fully saturated rings. The molecule has 4 rings (SSSR count). The average Bonchev–Trinajstić information content (AvgIpc) is 3.45. The van der Waals surface area contributed by atoms with Crippen molar-refractivity contribution in [1.29, 1.82) is 0 Å². The van der Waals surface area contributed by atoms with Crippen LogP contribution in [0.15, 0.2) is 67.0 Å². The molecule has 2 N–H and O–H groups in total. The van der Waals surface area contributed by atoms with Crippen LogP contribution in [0, 0.1) is 0 Å². The summed E-state index contributed by atoms with van der Waals surface area (Å²) in [5.41, 5.74) is 2.91. The molecule has 1 saturated heterocycles. The van der Waals surface area contributed by atoms with E-state index in [1.54, 1.807) is 35.1 Å². The number of nitrogens with one attached hydrogen (secondary N) is 2. The zero-order valence-electron chi connectivity index (χ0n) is 15.9. The fourth-order valence-corrected chi connectivity index (χ4v) is 3.20. The van der Waals surface area contributed by atoms with E-state index in [-0.39, 0.29) is 11.8 Å². The summed E-state index contributed by atoms with van der Waals surface area (Å²) in [4.78, 5) is 24.7. The summed E-state index contributed by atoms with van der Waals surface area (Å²) in [7, 11) is 0. The topological polar surface area (TPSA) is 85.3 Å². The number of carbonyl (C=O) groups excluding carboxylic acids is 2. The summed E-state index contributed by atoms with van der Waals surface area (Å²) in [6.45, 7) is 0.972. The first kappa shape index (κ1) is 18.9. The Balaban J connectivity index is 1.35. The summed E-state index contributed by atoms with van der Waals surface area (Å²) in [6.07, 6.45) is 4.82. The van der Waals surface area contributed by atoms with Crippen molar-refractivity contribution < 1.29 is 14.3 Å². The summed E-state index contributed by atoms with van der Waals surface area (Å²) < 4.78 is 7.15. The van der Waals surface area contributed by atoms with Crippen LogP contribution in [0.4, 0.5) is 5.69 Å². The number of para-hydroxylation sites is 1. The fourth-order valence-electron chi connectivity index (χ4n) is 3.20. The zero-order valence-corrected chi connectivity index (χ0v) is 15.9. The van der Waals surface area contributed by atoms with E-state index in [9.17, 15) is 9.59 Å². The van der Waals surface area contributed by atoms with E-state index in [0.29, 0.717) is 24.4 Å². The minimum atomic E-state index is -0.409. The molecule has 0 radical (unpaired) electrons. The van der Waals surface area contributed by atoms with Crippen LogP contribution >= 0.6 is 0 Å². The maximum Gasteiger partial charge on any atom is 0.253 e. The summed E-state index contributed by atoms with van der Waals surface area (Å²) in [6, 6.07) is 16.6. The van der Waals surface area contributed by atoms with Crippen LogP contribution in [-0.2, 0) is 16.1 Å². The van der Waals surface area contributed by atoms with E-state index in [1.165, 1.54) is 0 Å². The molecule has 29 heavy (non-hydrogen) atoms. The first-order chi connectivity index (χ1) is 14.2. The van der Waals surface area contributed by atoms with Crippen LogP contribution in [0.25, 0.3) is 5.69 Å². The van der Waals surface area contributed by atoms with E-state index in [1.807, 2.05) is 36.5 Å². The molecule has 1 aliphatic heterocycles. The van der Waals surface area contributed by atoms with Crippen LogP contribution in [0.5, 0.6) is 0 Å². The first-order valence-corrected chi connectivity index (χ1v) is 9.59. The van der Waals surface area contributed by atoms with Gasteiger partial charge < -0.3 is 15.4 Å². The van der Waals surface area contributed by atoms with Gasteiger partial charge >= 0.3 is 0 Å². The second-order valence-electron chi connectivity index (χ2n) is 6.88. The molecule has 0 spiro atoms. The second kappa shape index (κ2) is 8.70. The van der Waals surface area contributed by atoms with E-state index in [4.69, 9.17) is 4.74 Å². The molecular weight excluding hydrogens is 368 g/mol. The van der Waals surface area contributed by atoms with Crippen molar-refractivity contribution in [2.45, 2.75) is 25.5 Å². The van der Waals surface area contributed by atoms with Gasteiger partial charge in [0.2, 0.25) is 0 Å². The number of amides is 2. The average molecular weight is 390 g/mol. The number of aromatic nitrogens is 2. The molecule has 0 bridgehead atoms. The number of ether oxygens (including phenoxy) is 1. The van der Waals surface area contributed by atoms with Gasteiger partial charge in [0.15, 0.2) is 0 Å². The van der Waals surface area contributed by atoms with Crippen LogP contribution < -0.4 is 10.6 Å². The van der Waals surface area contributed by atoms with Crippen LogP contribution in [-0.4, -0.2) is 34.3 Å². The lowest BCUT2D eigenvalue weighted by atomic mass is 10.1. The molecule has 1 atom stereocenters. The van der Waals surface area contributed by atoms with Crippen molar-refractivity contribution >= 4 is 17.5 Å². The van der Waals surface area contributed by atoms with Gasteiger partial charge in [0.05, 0.1) is 11.9 Å². The molecule has 0 aliphatic carbocycles. The Hall–Kier alpha value is -3.45. The normalized spacial score (nSPS) is 15.8. The van der Waals surface area contributed by atoms with Crippen molar-refractivity contribution in [3.8, 4) is 5.69 Å². The lowest BCUT2D eigenvalue weighted by molar-refractivity contribution is -0.124. The molecule has 7 heteroatoms. The second-order valence-corrected chi connectivity index (χ2v) is 6.88. The number of hydrogen-bond donors (Lipinski definition) is 2. The number of anilines is 1. The summed E-state index contributed by atoms with van der Waals surface area (Å²) in [5, 5.41) is 10.0. The van der Waals surface area contributed by atoms with E-state index < -0.39 is 6.10 Å². The van der Waals surface area contributed by atoms with E-state index >= 15 is 0 Å². The molecule has 1 aliphatic rings. The monoisotopic (exact) mass is 390 g/mol. The molecule has 148 valence electrons. The first-order valence-electron chi connectivity index (χ1n) is 9.59. The van der Waals surface area contributed by atoms with Crippen molar-refractivity contribution in [1.82, 2.24) is 15.1 Å². The molecule has 2 aromatic carbocycles. The maximum absolute atomic E-state index is 12.5. The SMILES string of the molecule is O=C(NCc1cnn(-c2ccccc2)c1)c1cccc(NC(=O)C2CCCO2)c1. The molecule has 1 unspecified atom stereocenters. The minimum absolute atomic E-state index is 0.173. The molecule has 3 aromatic rings. The van der Waals surface area contributed by atoms with Gasteiger partial charge in [-0.05, 0) is 43.2 Å². The molecule has 2 heterocycles. The number of rotatable bonds is 6. The highest BCUT2D eigenvalue weighted by molar-refractivity contribution is 5.98. The highest BCUT2D eigenvalue weighted by Gasteiger charge is 2.23. The Kier molecular flexibility index (Phi) is 5.67. The quantitative estimate of drug-likeness (QED) is 0.678. The predicted molar refractivity (Wildman–Crippen MR) is 109 cm³/mol. The lowest BCUT2D eigenvalue weighted by Crippen LogP contribution is -2.27. The standard InChI is InChI=1S/C22H22N4O3/c27-21(23-13-16-14-24-26(15-16)19-8-2-1-3-9-19)17-6-4-7-18(12-17)25-22(28)20-10-5-11-29-20/h1-4,6-9,12,14-15,20H,5,10-11,13H2,(H,23,27)(H,25,28). The van der Waals surface area contributed by atoms with Crippen molar-refractivity contribution in [3.05, 3.63) is 78.1 Å². The van der Waals surface area contributed by atoms with Gasteiger partial charge in [-0.25, -0.2) is 4.68 Å². The number of nitrogens with zero attached hydrogens (tertiary/aromatic N) is 2. The highest BCUT2D eigenvalue weighted by atomic mass is 16.5. The summed E-state index contributed by atoms with van der Waals surface area (Å²) >= 11 is 0. The molecule has 2 amide bonds.